The molecule has 0 unspecified atom stereocenters. The molecule has 2 heterocycles. The fourth-order valence-corrected chi connectivity index (χ4v) is 4.85. The van der Waals surface area contributed by atoms with Crippen LogP contribution in [0.4, 0.5) is 16.5 Å². The number of benzene rings is 3. The van der Waals surface area contributed by atoms with Crippen LogP contribution < -0.4 is 21.1 Å². The third kappa shape index (κ3) is 6.31. The third-order valence-electron chi connectivity index (χ3n) is 5.94. The number of aromatic nitrogens is 1. The van der Waals surface area contributed by atoms with Gasteiger partial charge in [-0.1, -0.05) is 29.5 Å². The highest BCUT2D eigenvalue weighted by molar-refractivity contribution is 7.22. The van der Waals surface area contributed by atoms with Gasteiger partial charge in [0.15, 0.2) is 5.13 Å². The predicted octanol–water partition coefficient (Wildman–Crippen LogP) is 4.45. The number of nitrogens with two attached hydrogens (primary N) is 1. The average Bonchev–Trinajstić information content (AvgIpc) is 3.31. The van der Waals surface area contributed by atoms with Gasteiger partial charge in [-0.05, 0) is 54.1 Å². The highest BCUT2D eigenvalue weighted by atomic mass is 32.1. The van der Waals surface area contributed by atoms with Crippen LogP contribution in [0.3, 0.4) is 0 Å². The molecule has 0 aliphatic carbocycles. The number of carbonyl (C=O) groups is 1. The van der Waals surface area contributed by atoms with Crippen molar-refractivity contribution in [2.45, 2.75) is 6.54 Å². The number of carbonyl (C=O) groups excluding carboxylic acids is 1. The number of hydrogen-bond donors (Lipinski definition) is 3. The molecule has 3 aromatic carbocycles. The smallest absolute Gasteiger partial charge is 0.255 e. The molecule has 1 aliphatic heterocycles. The minimum absolute atomic E-state index is 0.172. The van der Waals surface area contributed by atoms with Gasteiger partial charge < -0.3 is 25.8 Å². The summed E-state index contributed by atoms with van der Waals surface area (Å²) in [5.41, 5.74) is 9.64. The fourth-order valence-electron chi connectivity index (χ4n) is 3.96. The predicted molar refractivity (Wildman–Crippen MR) is 145 cm³/mol. The van der Waals surface area contributed by atoms with Gasteiger partial charge in [-0.25, -0.2) is 4.98 Å². The normalized spacial score (nSPS) is 14.0. The highest BCUT2D eigenvalue weighted by Gasteiger charge is 2.11. The number of hydrogen-bond acceptors (Lipinski definition) is 8. The van der Waals surface area contributed by atoms with Crippen molar-refractivity contribution in [2.24, 2.45) is 0 Å². The quantitative estimate of drug-likeness (QED) is 0.290. The summed E-state index contributed by atoms with van der Waals surface area (Å²) in [6, 6.07) is 20.7. The van der Waals surface area contributed by atoms with Gasteiger partial charge in [0.05, 0.1) is 23.4 Å². The van der Waals surface area contributed by atoms with Crippen LogP contribution in [0.15, 0.2) is 66.7 Å². The second-order valence-electron chi connectivity index (χ2n) is 8.58. The van der Waals surface area contributed by atoms with Gasteiger partial charge in [0.2, 0.25) is 0 Å². The van der Waals surface area contributed by atoms with Crippen molar-refractivity contribution in [1.82, 2.24) is 9.88 Å². The van der Waals surface area contributed by atoms with E-state index in [0.717, 1.165) is 59.5 Å². The Morgan fingerprint density at radius 1 is 1.08 bits per heavy atom. The molecule has 1 aromatic heterocycles. The Balaban J connectivity index is 1.13. The Bertz CT molecular complexity index is 1320. The molecular formula is C27H29N5O3S. The van der Waals surface area contributed by atoms with Crippen LogP contribution in [0.25, 0.3) is 10.2 Å². The number of nitrogen functional groups attached to an aromatic ring is 1. The number of nitrogens with one attached hydrogen (secondary N) is 2. The Hall–Kier alpha value is -3.66. The summed E-state index contributed by atoms with van der Waals surface area (Å²) < 4.78 is 12.4. The van der Waals surface area contributed by atoms with Gasteiger partial charge in [0.1, 0.15) is 12.4 Å². The van der Waals surface area contributed by atoms with E-state index in [-0.39, 0.29) is 5.91 Å². The van der Waals surface area contributed by atoms with E-state index < -0.39 is 0 Å². The number of nitrogens with zero attached hydrogens (tertiary/aromatic N) is 2. The molecule has 1 fully saturated rings. The van der Waals surface area contributed by atoms with E-state index in [1.165, 1.54) is 0 Å². The highest BCUT2D eigenvalue weighted by Crippen LogP contribution is 2.29. The van der Waals surface area contributed by atoms with E-state index in [1.54, 1.807) is 23.5 Å². The first-order chi connectivity index (χ1) is 17.6. The van der Waals surface area contributed by atoms with Crippen LogP contribution in [-0.4, -0.2) is 55.2 Å². The Morgan fingerprint density at radius 2 is 1.92 bits per heavy atom. The third-order valence-corrected chi connectivity index (χ3v) is 6.92. The van der Waals surface area contributed by atoms with Crippen molar-refractivity contribution in [2.75, 3.05) is 55.8 Å². The van der Waals surface area contributed by atoms with Gasteiger partial charge in [-0.15, -0.1) is 0 Å². The first-order valence-electron chi connectivity index (χ1n) is 12.0. The maximum atomic E-state index is 12.5. The van der Waals surface area contributed by atoms with E-state index in [4.69, 9.17) is 15.2 Å². The molecule has 4 N–H and O–H groups in total. The van der Waals surface area contributed by atoms with Gasteiger partial charge in [-0.2, -0.15) is 0 Å². The summed E-state index contributed by atoms with van der Waals surface area (Å²) in [4.78, 5) is 19.5. The van der Waals surface area contributed by atoms with Gasteiger partial charge >= 0.3 is 0 Å². The van der Waals surface area contributed by atoms with Crippen LogP contribution in [0.1, 0.15) is 15.9 Å². The lowest BCUT2D eigenvalue weighted by molar-refractivity contribution is 0.0322. The van der Waals surface area contributed by atoms with E-state index in [2.05, 4.69) is 20.5 Å². The lowest BCUT2D eigenvalue weighted by atomic mass is 10.1. The van der Waals surface area contributed by atoms with Crippen LogP contribution >= 0.6 is 11.3 Å². The summed E-state index contributed by atoms with van der Waals surface area (Å²) in [7, 11) is 0. The van der Waals surface area contributed by atoms with Crippen molar-refractivity contribution in [1.29, 1.82) is 0 Å². The summed E-state index contributed by atoms with van der Waals surface area (Å²) in [5.74, 6) is 0.687. The van der Waals surface area contributed by atoms with Crippen molar-refractivity contribution in [3.63, 3.8) is 0 Å². The minimum atomic E-state index is -0.172. The van der Waals surface area contributed by atoms with E-state index in [9.17, 15) is 4.79 Å². The van der Waals surface area contributed by atoms with Crippen LogP contribution in [0, 0.1) is 0 Å². The van der Waals surface area contributed by atoms with Gasteiger partial charge in [-0.3, -0.25) is 9.69 Å². The number of anilines is 3. The molecule has 1 amide bonds. The van der Waals surface area contributed by atoms with Crippen LogP contribution in [0.2, 0.25) is 0 Å². The van der Waals surface area contributed by atoms with E-state index in [0.29, 0.717) is 30.1 Å². The summed E-state index contributed by atoms with van der Waals surface area (Å²) in [6.45, 7) is 5.69. The average molecular weight is 504 g/mol. The van der Waals surface area contributed by atoms with E-state index in [1.807, 2.05) is 54.6 Å². The monoisotopic (exact) mass is 503 g/mol. The SMILES string of the molecule is Nc1cccc(NC(=O)c2ccc(CNc3nc4ccc(OCCN5CCOCC5)cc4s3)cc2)c1. The molecule has 36 heavy (non-hydrogen) atoms. The van der Waals surface area contributed by atoms with Crippen LogP contribution in [-0.2, 0) is 11.3 Å². The zero-order chi connectivity index (χ0) is 24.7. The number of rotatable bonds is 9. The first-order valence-corrected chi connectivity index (χ1v) is 12.8. The van der Waals surface area contributed by atoms with Crippen molar-refractivity contribution < 1.29 is 14.3 Å². The molecular weight excluding hydrogens is 474 g/mol. The van der Waals surface area contributed by atoms with Crippen molar-refractivity contribution >= 4 is 44.0 Å². The molecule has 0 spiro atoms. The molecule has 4 aromatic rings. The fraction of sp³-hybridized carbons (Fsp3) is 0.259. The zero-order valence-corrected chi connectivity index (χ0v) is 20.7. The summed E-state index contributed by atoms with van der Waals surface area (Å²) >= 11 is 1.60. The van der Waals surface area contributed by atoms with Crippen LogP contribution in [0.5, 0.6) is 5.75 Å². The maximum absolute atomic E-state index is 12.5. The molecule has 186 valence electrons. The Labute approximate surface area is 214 Å². The molecule has 0 bridgehead atoms. The zero-order valence-electron chi connectivity index (χ0n) is 19.9. The van der Waals surface area contributed by atoms with E-state index >= 15 is 0 Å². The number of thiazole rings is 1. The minimum Gasteiger partial charge on any atom is -0.492 e. The number of morpholine rings is 1. The van der Waals surface area contributed by atoms with Gasteiger partial charge in [0, 0.05) is 43.1 Å². The topological polar surface area (TPSA) is 102 Å². The lowest BCUT2D eigenvalue weighted by Crippen LogP contribution is -2.38. The second kappa shape index (κ2) is 11.4. The lowest BCUT2D eigenvalue weighted by Gasteiger charge is -2.26. The standard InChI is InChI=1S/C27H29N5O3S/c28-21-2-1-3-22(16-21)30-26(33)20-6-4-19(5-7-20)18-29-27-31-24-9-8-23(17-25(24)36-27)35-15-12-32-10-13-34-14-11-32/h1-9,16-17H,10-15,18,28H2,(H,29,31)(H,30,33). The molecule has 0 atom stereocenters. The largest absolute Gasteiger partial charge is 0.492 e. The maximum Gasteiger partial charge on any atom is 0.255 e. The molecule has 1 aliphatic rings. The number of fused-ring (bicyclic) bond motifs is 1. The first kappa shape index (κ1) is 24.1. The summed E-state index contributed by atoms with van der Waals surface area (Å²) in [6.07, 6.45) is 0. The molecule has 5 rings (SSSR count). The molecule has 0 saturated carbocycles. The molecule has 1 saturated heterocycles. The Morgan fingerprint density at radius 3 is 2.72 bits per heavy atom. The van der Waals surface area contributed by atoms with Gasteiger partial charge in [0.25, 0.3) is 5.91 Å². The summed E-state index contributed by atoms with van der Waals surface area (Å²) in [5, 5.41) is 7.10. The molecule has 0 radical (unpaired) electrons. The van der Waals surface area contributed by atoms with Crippen molar-refractivity contribution in [3.8, 4) is 5.75 Å². The Kier molecular flexibility index (Phi) is 7.61. The number of ether oxygens (including phenoxy) is 2. The number of amides is 1. The molecule has 9 heteroatoms. The molecule has 8 nitrogen and oxygen atoms in total. The van der Waals surface area contributed by atoms with Crippen molar-refractivity contribution in [3.05, 3.63) is 77.9 Å². The second-order valence-corrected chi connectivity index (χ2v) is 9.61.